The summed E-state index contributed by atoms with van der Waals surface area (Å²) in [7, 11) is 1.80. The number of amides is 1. The highest BCUT2D eigenvalue weighted by atomic mass is 16.7. The SMILES string of the molecule is Cc1nn(C)cc1C(=O)N1CC[C@@H](c2ccc3c(c2)OCO3)[C@H](O)C1. The van der Waals surface area contributed by atoms with Crippen LogP contribution in [0.25, 0.3) is 0 Å². The summed E-state index contributed by atoms with van der Waals surface area (Å²) in [5.41, 5.74) is 2.32. The maximum absolute atomic E-state index is 12.7. The van der Waals surface area contributed by atoms with E-state index in [-0.39, 0.29) is 18.6 Å². The Morgan fingerprint density at radius 2 is 2.12 bits per heavy atom. The van der Waals surface area contributed by atoms with Crippen LogP contribution in [0.2, 0.25) is 0 Å². The summed E-state index contributed by atoms with van der Waals surface area (Å²) in [6.45, 7) is 2.97. The van der Waals surface area contributed by atoms with Crippen LogP contribution in [0, 0.1) is 6.92 Å². The van der Waals surface area contributed by atoms with E-state index in [9.17, 15) is 9.90 Å². The van der Waals surface area contributed by atoms with Crippen LogP contribution in [-0.4, -0.2) is 51.7 Å². The van der Waals surface area contributed by atoms with Crippen molar-refractivity contribution in [3.8, 4) is 11.5 Å². The van der Waals surface area contributed by atoms with Crippen molar-refractivity contribution < 1.29 is 19.4 Å². The largest absolute Gasteiger partial charge is 0.454 e. The molecule has 25 heavy (non-hydrogen) atoms. The van der Waals surface area contributed by atoms with Gasteiger partial charge in [-0.2, -0.15) is 5.10 Å². The Hall–Kier alpha value is -2.54. The Labute approximate surface area is 145 Å². The zero-order valence-electron chi connectivity index (χ0n) is 14.3. The van der Waals surface area contributed by atoms with Crippen LogP contribution in [0.4, 0.5) is 0 Å². The molecule has 0 unspecified atom stereocenters. The van der Waals surface area contributed by atoms with Crippen LogP contribution in [0.1, 0.15) is 34.0 Å². The number of nitrogens with zero attached hydrogens (tertiary/aromatic N) is 3. The minimum absolute atomic E-state index is 0.0199. The number of fused-ring (bicyclic) bond motifs is 1. The molecule has 0 spiro atoms. The topological polar surface area (TPSA) is 76.8 Å². The van der Waals surface area contributed by atoms with Gasteiger partial charge in [-0.15, -0.1) is 0 Å². The van der Waals surface area contributed by atoms with Gasteiger partial charge in [0.05, 0.1) is 17.4 Å². The Bertz CT molecular complexity index is 817. The number of ether oxygens (including phenoxy) is 2. The highest BCUT2D eigenvalue weighted by Gasteiger charge is 2.33. The molecule has 3 heterocycles. The van der Waals surface area contributed by atoms with Crippen LogP contribution in [-0.2, 0) is 7.05 Å². The van der Waals surface area contributed by atoms with Gasteiger partial charge < -0.3 is 19.5 Å². The van der Waals surface area contributed by atoms with Crippen LogP contribution >= 0.6 is 0 Å². The Kier molecular flexibility index (Phi) is 3.88. The highest BCUT2D eigenvalue weighted by molar-refractivity contribution is 5.95. The van der Waals surface area contributed by atoms with Crippen molar-refractivity contribution in [3.63, 3.8) is 0 Å². The average molecular weight is 343 g/mol. The van der Waals surface area contributed by atoms with Crippen LogP contribution < -0.4 is 9.47 Å². The van der Waals surface area contributed by atoms with Gasteiger partial charge in [0.15, 0.2) is 11.5 Å². The van der Waals surface area contributed by atoms with E-state index < -0.39 is 6.10 Å². The number of aliphatic hydroxyl groups excluding tert-OH is 1. The predicted molar refractivity (Wildman–Crippen MR) is 89.8 cm³/mol. The molecule has 1 N–H and O–H groups in total. The normalized spacial score (nSPS) is 22.3. The number of aryl methyl sites for hydroxylation is 2. The number of likely N-dealkylation sites (tertiary alicyclic amines) is 1. The van der Waals surface area contributed by atoms with Crippen molar-refractivity contribution in [1.29, 1.82) is 0 Å². The molecule has 1 fully saturated rings. The van der Waals surface area contributed by atoms with Gasteiger partial charge >= 0.3 is 0 Å². The maximum atomic E-state index is 12.7. The number of carbonyl (C=O) groups excluding carboxylic acids is 1. The van der Waals surface area contributed by atoms with E-state index >= 15 is 0 Å². The second-order valence-electron chi connectivity index (χ2n) is 6.63. The molecule has 0 saturated carbocycles. The summed E-state index contributed by atoms with van der Waals surface area (Å²) in [4.78, 5) is 14.4. The molecule has 0 radical (unpaired) electrons. The molecule has 7 nitrogen and oxygen atoms in total. The molecule has 0 aliphatic carbocycles. The standard InChI is InChI=1S/C18H21N3O4/c1-11-14(8-20(2)19-11)18(23)21-6-5-13(15(22)9-21)12-3-4-16-17(7-12)25-10-24-16/h3-4,7-8,13,15,22H,5-6,9-10H2,1-2H3/t13-,15+/m0/s1. The molecule has 2 aliphatic rings. The lowest BCUT2D eigenvalue weighted by molar-refractivity contribution is 0.0381. The van der Waals surface area contributed by atoms with E-state index in [2.05, 4.69) is 5.10 Å². The fourth-order valence-corrected chi connectivity index (χ4v) is 3.63. The minimum Gasteiger partial charge on any atom is -0.454 e. The number of hydrogen-bond donors (Lipinski definition) is 1. The minimum atomic E-state index is -0.616. The van der Waals surface area contributed by atoms with Gasteiger partial charge in [-0.05, 0) is 31.0 Å². The highest BCUT2D eigenvalue weighted by Crippen LogP contribution is 2.37. The van der Waals surface area contributed by atoms with E-state index in [0.29, 0.717) is 36.5 Å². The van der Waals surface area contributed by atoms with Crippen LogP contribution in [0.5, 0.6) is 11.5 Å². The zero-order valence-corrected chi connectivity index (χ0v) is 14.3. The number of aromatic nitrogens is 2. The summed E-state index contributed by atoms with van der Waals surface area (Å²) in [5.74, 6) is 1.36. The Balaban J connectivity index is 1.49. The molecule has 1 saturated heterocycles. The van der Waals surface area contributed by atoms with Gasteiger partial charge in [-0.1, -0.05) is 6.07 Å². The molecular weight excluding hydrogens is 322 g/mol. The number of hydrogen-bond acceptors (Lipinski definition) is 5. The molecule has 7 heteroatoms. The summed E-state index contributed by atoms with van der Waals surface area (Å²) >= 11 is 0. The third-order valence-electron chi connectivity index (χ3n) is 4.94. The summed E-state index contributed by atoms with van der Waals surface area (Å²) in [6.07, 6.45) is 1.81. The molecular formula is C18H21N3O4. The molecule has 2 aromatic rings. The molecule has 4 rings (SSSR count). The fraction of sp³-hybridized carbons (Fsp3) is 0.444. The molecule has 132 valence electrons. The first-order valence-electron chi connectivity index (χ1n) is 8.40. The number of carbonyl (C=O) groups is 1. The lowest BCUT2D eigenvalue weighted by Gasteiger charge is -2.36. The number of β-amino-alcohol motifs (C(OH)–C–C–N with tert-alkyl or cyclic N) is 1. The van der Waals surface area contributed by atoms with Crippen molar-refractivity contribution in [3.05, 3.63) is 41.2 Å². The molecule has 1 aromatic carbocycles. The first kappa shape index (κ1) is 16.0. The van der Waals surface area contributed by atoms with E-state index in [1.54, 1.807) is 22.8 Å². The van der Waals surface area contributed by atoms with Gasteiger partial charge in [-0.25, -0.2) is 0 Å². The van der Waals surface area contributed by atoms with E-state index in [1.165, 1.54) is 0 Å². The first-order chi connectivity index (χ1) is 12.0. The van der Waals surface area contributed by atoms with Crippen molar-refractivity contribution in [2.24, 2.45) is 7.05 Å². The maximum Gasteiger partial charge on any atom is 0.257 e. The van der Waals surface area contributed by atoms with Crippen molar-refractivity contribution in [1.82, 2.24) is 14.7 Å². The summed E-state index contributed by atoms with van der Waals surface area (Å²) < 4.78 is 12.4. The first-order valence-corrected chi connectivity index (χ1v) is 8.40. The quantitative estimate of drug-likeness (QED) is 0.893. The second-order valence-corrected chi connectivity index (χ2v) is 6.63. The number of piperidine rings is 1. The number of benzene rings is 1. The third kappa shape index (κ3) is 2.84. The van der Waals surface area contributed by atoms with Gasteiger partial charge in [-0.3, -0.25) is 9.48 Å². The molecule has 1 amide bonds. The average Bonchev–Trinajstić information content (AvgIpc) is 3.19. The van der Waals surface area contributed by atoms with E-state index in [1.807, 2.05) is 25.1 Å². The second kappa shape index (κ2) is 6.07. The van der Waals surface area contributed by atoms with Crippen LogP contribution in [0.3, 0.4) is 0 Å². The van der Waals surface area contributed by atoms with Crippen molar-refractivity contribution >= 4 is 5.91 Å². The summed E-state index contributed by atoms with van der Waals surface area (Å²) in [6, 6.07) is 5.77. The van der Waals surface area contributed by atoms with Gasteiger partial charge in [0.1, 0.15) is 0 Å². The zero-order chi connectivity index (χ0) is 17.6. The van der Waals surface area contributed by atoms with E-state index in [0.717, 1.165) is 11.3 Å². The lowest BCUT2D eigenvalue weighted by atomic mass is 9.86. The summed E-state index contributed by atoms with van der Waals surface area (Å²) in [5, 5.41) is 14.8. The van der Waals surface area contributed by atoms with Crippen LogP contribution in [0.15, 0.2) is 24.4 Å². The molecule has 2 atom stereocenters. The monoisotopic (exact) mass is 343 g/mol. The Morgan fingerprint density at radius 3 is 2.84 bits per heavy atom. The smallest absolute Gasteiger partial charge is 0.257 e. The van der Waals surface area contributed by atoms with Crippen molar-refractivity contribution in [2.75, 3.05) is 19.9 Å². The van der Waals surface area contributed by atoms with E-state index in [4.69, 9.17) is 9.47 Å². The fourth-order valence-electron chi connectivity index (χ4n) is 3.63. The van der Waals surface area contributed by atoms with Gasteiger partial charge in [0, 0.05) is 32.3 Å². The number of aliphatic hydroxyl groups is 1. The van der Waals surface area contributed by atoms with Gasteiger partial charge in [0.2, 0.25) is 6.79 Å². The Morgan fingerprint density at radius 1 is 1.32 bits per heavy atom. The molecule has 0 bridgehead atoms. The number of rotatable bonds is 2. The molecule has 2 aliphatic heterocycles. The van der Waals surface area contributed by atoms with Gasteiger partial charge in [0.25, 0.3) is 5.91 Å². The third-order valence-corrected chi connectivity index (χ3v) is 4.94. The van der Waals surface area contributed by atoms with Crippen molar-refractivity contribution in [2.45, 2.75) is 25.4 Å². The molecule has 1 aromatic heterocycles. The lowest BCUT2D eigenvalue weighted by Crippen LogP contribution is -2.45. The predicted octanol–water partition coefficient (Wildman–Crippen LogP) is 1.45.